The van der Waals surface area contributed by atoms with Crippen molar-refractivity contribution in [1.29, 1.82) is 0 Å². The summed E-state index contributed by atoms with van der Waals surface area (Å²) in [7, 11) is 4.14. The van der Waals surface area contributed by atoms with Gasteiger partial charge in [-0.25, -0.2) is 9.97 Å². The lowest BCUT2D eigenvalue weighted by Crippen LogP contribution is -2.20. The molecule has 3 heterocycles. The van der Waals surface area contributed by atoms with Crippen molar-refractivity contribution in [2.75, 3.05) is 37.0 Å². The Morgan fingerprint density at radius 2 is 1.83 bits per heavy atom. The van der Waals surface area contributed by atoms with Crippen LogP contribution in [0.2, 0.25) is 0 Å². The number of rotatable bonds is 3. The Balaban J connectivity index is 1.88. The highest BCUT2D eigenvalue weighted by atomic mass is 15.2. The second-order valence-corrected chi connectivity index (χ2v) is 6.19. The maximum Gasteiger partial charge on any atom is 0.180 e. The minimum absolute atomic E-state index is 0.943. The Bertz CT molecular complexity index is 830. The smallest absolute Gasteiger partial charge is 0.180 e. The summed E-state index contributed by atoms with van der Waals surface area (Å²) >= 11 is 0. The van der Waals surface area contributed by atoms with Crippen LogP contribution >= 0.6 is 0 Å². The van der Waals surface area contributed by atoms with E-state index in [0.29, 0.717) is 0 Å². The first-order valence-corrected chi connectivity index (χ1v) is 8.09. The molecule has 0 amide bonds. The standard InChI is InChI=1S/C18H21N5/c1-21(2)15-8-4-3-7-14(15)16-13-20-18-17(19-9-12-23(16)18)22-10-5-6-11-22/h3-4,7-9,12-13H,5-6,10-11H2,1-2H3. The van der Waals surface area contributed by atoms with Crippen LogP contribution < -0.4 is 9.80 Å². The highest BCUT2D eigenvalue weighted by Gasteiger charge is 2.19. The molecule has 0 saturated carbocycles. The first kappa shape index (κ1) is 14.1. The maximum absolute atomic E-state index is 4.68. The average Bonchev–Trinajstić information content (AvgIpc) is 3.24. The molecule has 0 spiro atoms. The van der Waals surface area contributed by atoms with Crippen molar-refractivity contribution in [1.82, 2.24) is 14.4 Å². The highest BCUT2D eigenvalue weighted by Crippen LogP contribution is 2.32. The van der Waals surface area contributed by atoms with E-state index in [1.165, 1.54) is 24.1 Å². The Hall–Kier alpha value is -2.56. The van der Waals surface area contributed by atoms with Crippen LogP contribution in [0.3, 0.4) is 0 Å². The molecule has 0 atom stereocenters. The first-order valence-electron chi connectivity index (χ1n) is 8.09. The molecule has 1 aliphatic heterocycles. The molecule has 3 aromatic rings. The normalized spacial score (nSPS) is 14.6. The molecule has 23 heavy (non-hydrogen) atoms. The van der Waals surface area contributed by atoms with Gasteiger partial charge >= 0.3 is 0 Å². The third-order valence-electron chi connectivity index (χ3n) is 4.48. The molecule has 1 aliphatic rings. The minimum atomic E-state index is 0.943. The molecule has 0 aliphatic carbocycles. The van der Waals surface area contributed by atoms with Crippen molar-refractivity contribution in [3.63, 3.8) is 0 Å². The summed E-state index contributed by atoms with van der Waals surface area (Å²) in [6.45, 7) is 2.15. The number of benzene rings is 1. The first-order chi connectivity index (χ1) is 11.3. The van der Waals surface area contributed by atoms with Gasteiger partial charge in [-0.3, -0.25) is 4.40 Å². The lowest BCUT2D eigenvalue weighted by atomic mass is 10.1. The molecular formula is C18H21N5. The zero-order chi connectivity index (χ0) is 15.8. The van der Waals surface area contributed by atoms with Crippen molar-refractivity contribution >= 4 is 17.2 Å². The van der Waals surface area contributed by atoms with Gasteiger partial charge in [0.05, 0.1) is 11.9 Å². The summed E-state index contributed by atoms with van der Waals surface area (Å²) in [6.07, 6.45) is 8.31. The van der Waals surface area contributed by atoms with Crippen LogP contribution in [0.25, 0.3) is 16.9 Å². The minimum Gasteiger partial charge on any atom is -0.377 e. The van der Waals surface area contributed by atoms with Gasteiger partial charge < -0.3 is 9.80 Å². The summed E-state index contributed by atoms with van der Waals surface area (Å²) in [5.74, 6) is 0.999. The van der Waals surface area contributed by atoms with E-state index in [0.717, 1.165) is 30.2 Å². The van der Waals surface area contributed by atoms with E-state index in [9.17, 15) is 0 Å². The van der Waals surface area contributed by atoms with E-state index in [4.69, 9.17) is 0 Å². The number of aromatic nitrogens is 3. The van der Waals surface area contributed by atoms with Crippen LogP contribution in [0.15, 0.2) is 42.9 Å². The Labute approximate surface area is 136 Å². The molecule has 4 rings (SSSR count). The Morgan fingerprint density at radius 3 is 2.61 bits per heavy atom. The average molecular weight is 307 g/mol. The summed E-state index contributed by atoms with van der Waals surface area (Å²) in [5.41, 5.74) is 4.42. The Kier molecular flexibility index (Phi) is 3.41. The third-order valence-corrected chi connectivity index (χ3v) is 4.48. The van der Waals surface area contributed by atoms with E-state index >= 15 is 0 Å². The van der Waals surface area contributed by atoms with E-state index in [2.05, 4.69) is 62.5 Å². The number of anilines is 2. The zero-order valence-corrected chi connectivity index (χ0v) is 13.6. The molecule has 0 bridgehead atoms. The van der Waals surface area contributed by atoms with Crippen molar-refractivity contribution in [2.24, 2.45) is 0 Å². The highest BCUT2D eigenvalue weighted by molar-refractivity contribution is 5.79. The fraction of sp³-hybridized carbons (Fsp3) is 0.333. The van der Waals surface area contributed by atoms with Gasteiger partial charge in [-0.2, -0.15) is 0 Å². The molecule has 0 unspecified atom stereocenters. The monoisotopic (exact) mass is 307 g/mol. The lowest BCUT2D eigenvalue weighted by Gasteiger charge is -2.18. The molecule has 1 fully saturated rings. The molecular weight excluding hydrogens is 286 g/mol. The molecule has 1 aromatic carbocycles. The maximum atomic E-state index is 4.68. The number of hydrogen-bond acceptors (Lipinski definition) is 4. The van der Waals surface area contributed by atoms with Gasteiger partial charge in [0.15, 0.2) is 11.5 Å². The molecule has 0 N–H and O–H groups in total. The SMILES string of the molecule is CN(C)c1ccccc1-c1cnc2c(N3CCCC3)nccn12. The van der Waals surface area contributed by atoms with Crippen LogP contribution in [0.4, 0.5) is 11.5 Å². The van der Waals surface area contributed by atoms with Gasteiger partial charge in [0.2, 0.25) is 0 Å². The van der Waals surface area contributed by atoms with Gasteiger partial charge in [-0.15, -0.1) is 0 Å². The summed E-state index contributed by atoms with van der Waals surface area (Å²) in [4.78, 5) is 13.7. The summed E-state index contributed by atoms with van der Waals surface area (Å²) in [6, 6.07) is 8.43. The topological polar surface area (TPSA) is 36.7 Å². The van der Waals surface area contributed by atoms with Crippen molar-refractivity contribution in [3.8, 4) is 11.3 Å². The Morgan fingerprint density at radius 1 is 1.04 bits per heavy atom. The largest absolute Gasteiger partial charge is 0.377 e. The number of fused-ring (bicyclic) bond motifs is 1. The van der Waals surface area contributed by atoms with Crippen LogP contribution in [0, 0.1) is 0 Å². The molecule has 5 nitrogen and oxygen atoms in total. The van der Waals surface area contributed by atoms with E-state index in [1.54, 1.807) is 0 Å². The third kappa shape index (κ3) is 2.32. The molecule has 118 valence electrons. The lowest BCUT2D eigenvalue weighted by molar-refractivity contribution is 0.928. The van der Waals surface area contributed by atoms with Crippen LogP contribution in [0.1, 0.15) is 12.8 Å². The number of para-hydroxylation sites is 1. The van der Waals surface area contributed by atoms with E-state index in [-0.39, 0.29) is 0 Å². The van der Waals surface area contributed by atoms with Gasteiger partial charge in [-0.05, 0) is 18.9 Å². The number of hydrogen-bond donors (Lipinski definition) is 0. The van der Waals surface area contributed by atoms with Crippen molar-refractivity contribution in [3.05, 3.63) is 42.9 Å². The van der Waals surface area contributed by atoms with Gasteiger partial charge in [0.25, 0.3) is 0 Å². The molecule has 5 heteroatoms. The van der Waals surface area contributed by atoms with Crippen molar-refractivity contribution < 1.29 is 0 Å². The van der Waals surface area contributed by atoms with Gasteiger partial charge in [-0.1, -0.05) is 18.2 Å². The predicted molar refractivity (Wildman–Crippen MR) is 94.2 cm³/mol. The number of imidazole rings is 1. The van der Waals surface area contributed by atoms with Crippen LogP contribution in [0.5, 0.6) is 0 Å². The van der Waals surface area contributed by atoms with Gasteiger partial charge in [0, 0.05) is 50.8 Å². The second kappa shape index (κ2) is 5.57. The fourth-order valence-corrected chi connectivity index (χ4v) is 3.34. The zero-order valence-electron chi connectivity index (χ0n) is 13.6. The molecule has 1 saturated heterocycles. The summed E-state index contributed by atoms with van der Waals surface area (Å²) in [5, 5.41) is 0. The van der Waals surface area contributed by atoms with Gasteiger partial charge in [0.1, 0.15) is 0 Å². The molecule has 2 aromatic heterocycles. The fourth-order valence-electron chi connectivity index (χ4n) is 3.34. The van der Waals surface area contributed by atoms with Crippen LogP contribution in [-0.4, -0.2) is 41.6 Å². The second-order valence-electron chi connectivity index (χ2n) is 6.19. The van der Waals surface area contributed by atoms with E-state index in [1.807, 2.05) is 18.6 Å². The van der Waals surface area contributed by atoms with Crippen LogP contribution in [-0.2, 0) is 0 Å². The van der Waals surface area contributed by atoms with E-state index < -0.39 is 0 Å². The molecule has 0 radical (unpaired) electrons. The van der Waals surface area contributed by atoms with Crippen molar-refractivity contribution in [2.45, 2.75) is 12.8 Å². The predicted octanol–water partition coefficient (Wildman–Crippen LogP) is 3.06. The summed E-state index contributed by atoms with van der Waals surface area (Å²) < 4.78 is 2.16. The number of nitrogens with zero attached hydrogens (tertiary/aromatic N) is 5. The quantitative estimate of drug-likeness (QED) is 0.745.